The molecule has 1 aliphatic carbocycles. The van der Waals surface area contributed by atoms with E-state index in [4.69, 9.17) is 10.5 Å². The molecule has 118 valence electrons. The number of nitrogen functional groups attached to an aromatic ring is 1. The van der Waals surface area contributed by atoms with Gasteiger partial charge in [-0.1, -0.05) is 12.8 Å². The molecule has 0 unspecified atom stereocenters. The fourth-order valence-corrected chi connectivity index (χ4v) is 2.94. The van der Waals surface area contributed by atoms with Crippen molar-refractivity contribution in [3.8, 4) is 0 Å². The van der Waals surface area contributed by atoms with Gasteiger partial charge in [-0.3, -0.25) is 0 Å². The minimum Gasteiger partial charge on any atom is -0.384 e. The monoisotopic (exact) mass is 293 g/mol. The Hall–Kier alpha value is -1.40. The van der Waals surface area contributed by atoms with E-state index in [-0.39, 0.29) is 5.54 Å². The fourth-order valence-electron chi connectivity index (χ4n) is 2.94. The molecule has 21 heavy (non-hydrogen) atoms. The summed E-state index contributed by atoms with van der Waals surface area (Å²) < 4.78 is 5.35. The summed E-state index contributed by atoms with van der Waals surface area (Å²) in [6.45, 7) is 3.87. The van der Waals surface area contributed by atoms with E-state index in [0.29, 0.717) is 24.9 Å². The van der Waals surface area contributed by atoms with Crippen LogP contribution < -0.4 is 11.1 Å². The summed E-state index contributed by atoms with van der Waals surface area (Å²) in [6.07, 6.45) is 5.03. The zero-order valence-electron chi connectivity index (χ0n) is 13.4. The summed E-state index contributed by atoms with van der Waals surface area (Å²) in [4.78, 5) is 11.0. The van der Waals surface area contributed by atoms with Crippen molar-refractivity contribution in [3.05, 3.63) is 11.9 Å². The maximum Gasteiger partial charge on any atom is 0.158 e. The Morgan fingerprint density at radius 2 is 2.05 bits per heavy atom. The number of rotatable bonds is 7. The Bertz CT molecular complexity index is 457. The largest absolute Gasteiger partial charge is 0.384 e. The van der Waals surface area contributed by atoms with Crippen molar-refractivity contribution in [1.29, 1.82) is 0 Å². The first-order valence-electron chi connectivity index (χ1n) is 7.68. The van der Waals surface area contributed by atoms with E-state index >= 15 is 0 Å². The number of hydrogen-bond donors (Lipinski definition) is 2. The van der Waals surface area contributed by atoms with Gasteiger partial charge < -0.3 is 20.7 Å². The van der Waals surface area contributed by atoms with Crippen molar-refractivity contribution < 1.29 is 4.74 Å². The number of nitrogens with one attached hydrogen (secondary N) is 1. The molecule has 0 aliphatic heterocycles. The second-order valence-corrected chi connectivity index (χ2v) is 5.91. The number of likely N-dealkylation sites (N-methyl/N-ethyl adjacent to an activating group) is 1. The highest BCUT2D eigenvalue weighted by molar-refractivity contribution is 5.45. The average molecular weight is 293 g/mol. The lowest BCUT2D eigenvalue weighted by Crippen LogP contribution is -2.47. The molecule has 1 heterocycles. The SMILES string of the molecule is CCOCc1nc(N)cc(NCC2(N(C)C)CCCC2)n1. The zero-order chi connectivity index (χ0) is 15.3. The standard InChI is InChI=1S/C15H27N5O/c1-4-21-10-14-18-12(16)9-13(19-14)17-11-15(20(2)3)7-5-6-8-15/h9H,4-8,10-11H2,1-3H3,(H3,16,17,18,19). The smallest absolute Gasteiger partial charge is 0.158 e. The van der Waals surface area contributed by atoms with Crippen molar-refractivity contribution in [3.63, 3.8) is 0 Å². The lowest BCUT2D eigenvalue weighted by atomic mass is 9.96. The summed E-state index contributed by atoms with van der Waals surface area (Å²) in [5.74, 6) is 1.89. The molecule has 3 N–H and O–H groups in total. The Morgan fingerprint density at radius 3 is 2.67 bits per heavy atom. The van der Waals surface area contributed by atoms with Crippen LogP contribution in [0.2, 0.25) is 0 Å². The fraction of sp³-hybridized carbons (Fsp3) is 0.733. The molecule has 1 aromatic heterocycles. The predicted octanol–water partition coefficient (Wildman–Crippen LogP) is 1.88. The predicted molar refractivity (Wildman–Crippen MR) is 85.2 cm³/mol. The van der Waals surface area contributed by atoms with E-state index in [1.165, 1.54) is 25.7 Å². The molecular weight excluding hydrogens is 266 g/mol. The Morgan fingerprint density at radius 1 is 1.33 bits per heavy atom. The third-order valence-corrected chi connectivity index (χ3v) is 4.31. The maximum absolute atomic E-state index is 5.85. The van der Waals surface area contributed by atoms with Crippen molar-refractivity contribution >= 4 is 11.6 Å². The van der Waals surface area contributed by atoms with Crippen LogP contribution in [0.1, 0.15) is 38.4 Å². The average Bonchev–Trinajstić information content (AvgIpc) is 2.93. The van der Waals surface area contributed by atoms with E-state index < -0.39 is 0 Å². The van der Waals surface area contributed by atoms with Crippen LogP contribution in [0.15, 0.2) is 6.07 Å². The van der Waals surface area contributed by atoms with Gasteiger partial charge in [-0.15, -0.1) is 0 Å². The molecule has 0 atom stereocenters. The third-order valence-electron chi connectivity index (χ3n) is 4.31. The van der Waals surface area contributed by atoms with E-state index in [2.05, 4.69) is 34.3 Å². The Labute approximate surface area is 127 Å². The molecule has 1 aliphatic rings. The van der Waals surface area contributed by atoms with Gasteiger partial charge in [-0.2, -0.15) is 0 Å². The highest BCUT2D eigenvalue weighted by Crippen LogP contribution is 2.33. The van der Waals surface area contributed by atoms with Crippen LogP contribution in [0.4, 0.5) is 11.6 Å². The zero-order valence-corrected chi connectivity index (χ0v) is 13.4. The van der Waals surface area contributed by atoms with Gasteiger partial charge in [0.1, 0.15) is 18.2 Å². The molecule has 0 spiro atoms. The Balaban J connectivity index is 2.03. The minimum atomic E-state index is 0.222. The Kier molecular flexibility index (Phi) is 5.36. The molecular formula is C15H27N5O. The van der Waals surface area contributed by atoms with Crippen LogP contribution in [-0.4, -0.2) is 47.7 Å². The third kappa shape index (κ3) is 4.04. The van der Waals surface area contributed by atoms with Crippen LogP contribution >= 0.6 is 0 Å². The molecule has 0 amide bonds. The first kappa shape index (κ1) is 16.0. The van der Waals surface area contributed by atoms with Gasteiger partial charge in [0.25, 0.3) is 0 Å². The van der Waals surface area contributed by atoms with Gasteiger partial charge in [0.15, 0.2) is 5.82 Å². The summed E-state index contributed by atoms with van der Waals surface area (Å²) in [5.41, 5.74) is 6.07. The summed E-state index contributed by atoms with van der Waals surface area (Å²) in [7, 11) is 4.31. The lowest BCUT2D eigenvalue weighted by molar-refractivity contribution is 0.128. The molecule has 0 radical (unpaired) electrons. The normalized spacial score (nSPS) is 17.3. The van der Waals surface area contributed by atoms with Gasteiger partial charge in [-0.05, 0) is 33.9 Å². The number of ether oxygens (including phenoxy) is 1. The molecule has 2 rings (SSSR count). The van der Waals surface area contributed by atoms with Crippen molar-refractivity contribution in [2.45, 2.75) is 44.8 Å². The van der Waals surface area contributed by atoms with E-state index in [0.717, 1.165) is 12.4 Å². The second kappa shape index (κ2) is 7.04. The van der Waals surface area contributed by atoms with Gasteiger partial charge in [0.05, 0.1) is 0 Å². The van der Waals surface area contributed by atoms with Crippen LogP contribution in [0, 0.1) is 0 Å². The summed E-state index contributed by atoms with van der Waals surface area (Å²) >= 11 is 0. The first-order valence-corrected chi connectivity index (χ1v) is 7.68. The topological polar surface area (TPSA) is 76.3 Å². The first-order chi connectivity index (χ1) is 10.1. The molecule has 1 fully saturated rings. The van der Waals surface area contributed by atoms with Crippen LogP contribution in [-0.2, 0) is 11.3 Å². The second-order valence-electron chi connectivity index (χ2n) is 5.91. The quantitative estimate of drug-likeness (QED) is 0.799. The number of nitrogens with two attached hydrogens (primary N) is 1. The number of anilines is 2. The molecule has 0 bridgehead atoms. The molecule has 1 saturated carbocycles. The van der Waals surface area contributed by atoms with Crippen molar-refractivity contribution in [1.82, 2.24) is 14.9 Å². The van der Waals surface area contributed by atoms with Gasteiger partial charge in [0, 0.05) is 24.8 Å². The summed E-state index contributed by atoms with van der Waals surface area (Å²) in [5, 5.41) is 3.44. The van der Waals surface area contributed by atoms with Crippen molar-refractivity contribution in [2.24, 2.45) is 0 Å². The van der Waals surface area contributed by atoms with Crippen LogP contribution in [0.25, 0.3) is 0 Å². The van der Waals surface area contributed by atoms with Gasteiger partial charge >= 0.3 is 0 Å². The highest BCUT2D eigenvalue weighted by atomic mass is 16.5. The summed E-state index contributed by atoms with van der Waals surface area (Å²) in [6, 6.07) is 1.79. The van der Waals surface area contributed by atoms with E-state index in [1.54, 1.807) is 6.07 Å². The molecule has 6 nitrogen and oxygen atoms in total. The molecule has 0 aromatic carbocycles. The number of nitrogens with zero attached hydrogens (tertiary/aromatic N) is 3. The van der Waals surface area contributed by atoms with Crippen LogP contribution in [0.5, 0.6) is 0 Å². The highest BCUT2D eigenvalue weighted by Gasteiger charge is 2.35. The number of hydrogen-bond acceptors (Lipinski definition) is 6. The van der Waals surface area contributed by atoms with Crippen LogP contribution in [0.3, 0.4) is 0 Å². The van der Waals surface area contributed by atoms with Gasteiger partial charge in [0.2, 0.25) is 0 Å². The maximum atomic E-state index is 5.85. The van der Waals surface area contributed by atoms with Gasteiger partial charge in [-0.25, -0.2) is 9.97 Å². The minimum absolute atomic E-state index is 0.222. The lowest BCUT2D eigenvalue weighted by Gasteiger charge is -2.36. The molecule has 6 heteroatoms. The number of aromatic nitrogens is 2. The molecule has 1 aromatic rings. The van der Waals surface area contributed by atoms with Crippen molar-refractivity contribution in [2.75, 3.05) is 38.3 Å². The van der Waals surface area contributed by atoms with E-state index in [1.807, 2.05) is 6.92 Å². The van der Waals surface area contributed by atoms with E-state index in [9.17, 15) is 0 Å². The molecule has 0 saturated heterocycles.